The third-order valence-electron chi connectivity index (χ3n) is 7.03. The summed E-state index contributed by atoms with van der Waals surface area (Å²) in [6.45, 7) is 0. The standard InChI is InChI=1S/C30H23F2N5O4S/c1-33-30(38)28-20-11-19(23-13-24(35-15-34-23)25-12-18-21(32)5-4-6-22(18)36-25)26(37(2)42(3,39)40)14-27(20)41-29(28)16-7-9-17(31)10-8-16/h4-15,36H,1-3H3,(H,33,38). The van der Waals surface area contributed by atoms with Gasteiger partial charge in [-0.05, 0) is 54.6 Å². The van der Waals surface area contributed by atoms with E-state index in [1.54, 1.807) is 30.3 Å². The van der Waals surface area contributed by atoms with Gasteiger partial charge >= 0.3 is 0 Å². The summed E-state index contributed by atoms with van der Waals surface area (Å²) in [7, 11) is -0.872. The number of sulfonamides is 1. The molecule has 0 aliphatic heterocycles. The largest absolute Gasteiger partial charge is 0.455 e. The van der Waals surface area contributed by atoms with Gasteiger partial charge in [0.2, 0.25) is 10.0 Å². The highest BCUT2D eigenvalue weighted by Gasteiger charge is 2.26. The molecule has 2 N–H and O–H groups in total. The predicted molar refractivity (Wildman–Crippen MR) is 157 cm³/mol. The highest BCUT2D eigenvalue weighted by atomic mass is 32.2. The maximum atomic E-state index is 14.4. The van der Waals surface area contributed by atoms with Crippen molar-refractivity contribution in [1.29, 1.82) is 0 Å². The van der Waals surface area contributed by atoms with Gasteiger partial charge in [0.25, 0.3) is 5.91 Å². The Morgan fingerprint density at radius 1 is 0.976 bits per heavy atom. The Bertz CT molecular complexity index is 2120. The molecule has 0 fully saturated rings. The average Bonchev–Trinajstić information content (AvgIpc) is 3.58. The SMILES string of the molecule is CNC(=O)c1c(-c2ccc(F)cc2)oc2cc(N(C)S(C)(=O)=O)c(-c3cc(-c4cc5c(F)cccc5[nH]4)ncn3)cc12. The number of rotatable bonds is 6. The molecule has 6 rings (SSSR count). The van der Waals surface area contributed by atoms with E-state index in [-0.39, 0.29) is 28.4 Å². The zero-order valence-corrected chi connectivity index (χ0v) is 23.4. The van der Waals surface area contributed by atoms with Crippen LogP contribution in [0, 0.1) is 11.6 Å². The van der Waals surface area contributed by atoms with Crippen LogP contribution in [-0.2, 0) is 10.0 Å². The van der Waals surface area contributed by atoms with Gasteiger partial charge in [0, 0.05) is 47.6 Å². The average molecular weight is 588 g/mol. The monoisotopic (exact) mass is 587 g/mol. The molecule has 0 aliphatic carbocycles. The van der Waals surface area contributed by atoms with Crippen molar-refractivity contribution in [2.45, 2.75) is 0 Å². The second-order valence-electron chi connectivity index (χ2n) is 9.66. The highest BCUT2D eigenvalue weighted by Crippen LogP contribution is 2.41. The molecule has 0 aliphatic rings. The molecule has 0 saturated heterocycles. The second-order valence-corrected chi connectivity index (χ2v) is 11.7. The molecule has 0 radical (unpaired) electrons. The topological polar surface area (TPSA) is 121 Å². The summed E-state index contributed by atoms with van der Waals surface area (Å²) in [5.41, 5.74) is 3.40. The fourth-order valence-electron chi connectivity index (χ4n) is 4.84. The maximum absolute atomic E-state index is 14.4. The third kappa shape index (κ3) is 4.65. The van der Waals surface area contributed by atoms with Gasteiger partial charge in [-0.2, -0.15) is 0 Å². The fraction of sp³-hybridized carbons (Fsp3) is 0.100. The van der Waals surface area contributed by atoms with Gasteiger partial charge in [-0.3, -0.25) is 9.10 Å². The molecule has 0 spiro atoms. The van der Waals surface area contributed by atoms with Crippen molar-refractivity contribution in [2.24, 2.45) is 0 Å². The highest BCUT2D eigenvalue weighted by molar-refractivity contribution is 7.92. The summed E-state index contributed by atoms with van der Waals surface area (Å²) < 4.78 is 60.6. The number of aromatic amines is 1. The quantitative estimate of drug-likeness (QED) is 0.256. The minimum Gasteiger partial charge on any atom is -0.455 e. The number of furan rings is 1. The van der Waals surface area contributed by atoms with Crippen molar-refractivity contribution >= 4 is 43.5 Å². The molecule has 0 atom stereocenters. The third-order valence-corrected chi connectivity index (χ3v) is 8.23. The number of H-pyrrole nitrogens is 1. The summed E-state index contributed by atoms with van der Waals surface area (Å²) in [6, 6.07) is 16.6. The Morgan fingerprint density at radius 3 is 2.40 bits per heavy atom. The van der Waals surface area contributed by atoms with E-state index < -0.39 is 21.7 Å². The first-order chi connectivity index (χ1) is 20.0. The number of nitrogens with zero attached hydrogens (tertiary/aromatic N) is 3. The van der Waals surface area contributed by atoms with E-state index in [1.807, 2.05) is 0 Å². The lowest BCUT2D eigenvalue weighted by Gasteiger charge is -2.20. The number of hydrogen-bond acceptors (Lipinski definition) is 6. The molecule has 0 unspecified atom stereocenters. The maximum Gasteiger partial charge on any atom is 0.255 e. The summed E-state index contributed by atoms with van der Waals surface area (Å²) in [5, 5.41) is 3.40. The molecule has 6 aromatic rings. The van der Waals surface area contributed by atoms with Gasteiger partial charge in [-0.15, -0.1) is 0 Å². The number of benzene rings is 3. The Hall–Kier alpha value is -5.10. The zero-order valence-electron chi connectivity index (χ0n) is 22.6. The van der Waals surface area contributed by atoms with Crippen molar-refractivity contribution in [3.63, 3.8) is 0 Å². The Morgan fingerprint density at radius 2 is 1.71 bits per heavy atom. The lowest BCUT2D eigenvalue weighted by Crippen LogP contribution is -2.25. The molecule has 212 valence electrons. The molecule has 3 heterocycles. The molecule has 3 aromatic carbocycles. The molecular weight excluding hydrogens is 564 g/mol. The van der Waals surface area contributed by atoms with Crippen LogP contribution >= 0.6 is 0 Å². The lowest BCUT2D eigenvalue weighted by molar-refractivity contribution is 0.0964. The van der Waals surface area contributed by atoms with Gasteiger partial charge in [-0.1, -0.05) is 6.07 Å². The van der Waals surface area contributed by atoms with Crippen LogP contribution in [0.25, 0.3) is 55.8 Å². The van der Waals surface area contributed by atoms with Crippen LogP contribution in [0.15, 0.2) is 77.5 Å². The fourth-order valence-corrected chi connectivity index (χ4v) is 5.35. The van der Waals surface area contributed by atoms with Gasteiger partial charge < -0.3 is 14.7 Å². The molecule has 12 heteroatoms. The van der Waals surface area contributed by atoms with Crippen molar-refractivity contribution in [2.75, 3.05) is 24.7 Å². The summed E-state index contributed by atoms with van der Waals surface area (Å²) in [6.07, 6.45) is 2.38. The van der Waals surface area contributed by atoms with E-state index in [1.165, 1.54) is 56.8 Å². The Balaban J connectivity index is 1.60. The number of hydrogen-bond donors (Lipinski definition) is 2. The summed E-state index contributed by atoms with van der Waals surface area (Å²) >= 11 is 0. The van der Waals surface area contributed by atoms with Gasteiger partial charge in [-0.25, -0.2) is 27.2 Å². The molecule has 0 bridgehead atoms. The minimum absolute atomic E-state index is 0.189. The van der Waals surface area contributed by atoms with Crippen LogP contribution < -0.4 is 9.62 Å². The van der Waals surface area contributed by atoms with Crippen molar-refractivity contribution in [3.05, 3.63) is 90.3 Å². The van der Waals surface area contributed by atoms with E-state index in [9.17, 15) is 22.0 Å². The van der Waals surface area contributed by atoms with Crippen LogP contribution in [0.3, 0.4) is 0 Å². The number of halogens is 2. The molecule has 3 aromatic heterocycles. The van der Waals surface area contributed by atoms with Crippen LogP contribution in [-0.4, -0.2) is 49.6 Å². The minimum atomic E-state index is -3.74. The predicted octanol–water partition coefficient (Wildman–Crippen LogP) is 5.74. The zero-order chi connectivity index (χ0) is 29.8. The first-order valence-corrected chi connectivity index (χ1v) is 14.5. The smallest absolute Gasteiger partial charge is 0.255 e. The van der Waals surface area contributed by atoms with E-state index in [0.29, 0.717) is 44.5 Å². The van der Waals surface area contributed by atoms with E-state index in [0.717, 1.165) is 10.6 Å². The van der Waals surface area contributed by atoms with Gasteiger partial charge in [0.15, 0.2) is 0 Å². The van der Waals surface area contributed by atoms with Gasteiger partial charge in [0.05, 0.1) is 34.6 Å². The Labute approximate surface area is 238 Å². The van der Waals surface area contributed by atoms with Crippen LogP contribution in [0.5, 0.6) is 0 Å². The van der Waals surface area contributed by atoms with Crippen molar-refractivity contribution in [3.8, 4) is 34.0 Å². The Kier molecular flexibility index (Phi) is 6.49. The number of carbonyl (C=O) groups excluding carboxylic acids is 1. The first-order valence-electron chi connectivity index (χ1n) is 12.7. The van der Waals surface area contributed by atoms with E-state index in [2.05, 4.69) is 20.3 Å². The van der Waals surface area contributed by atoms with Crippen LogP contribution in [0.4, 0.5) is 14.5 Å². The number of anilines is 1. The summed E-state index contributed by atoms with van der Waals surface area (Å²) in [4.78, 5) is 25.0. The second kappa shape index (κ2) is 10.1. The first kappa shape index (κ1) is 27.1. The molecule has 42 heavy (non-hydrogen) atoms. The molecule has 0 saturated carbocycles. The molecule has 9 nitrogen and oxygen atoms in total. The summed E-state index contributed by atoms with van der Waals surface area (Å²) in [5.74, 6) is -1.09. The van der Waals surface area contributed by atoms with Crippen molar-refractivity contribution < 1.29 is 26.4 Å². The number of aromatic nitrogens is 3. The normalized spacial score (nSPS) is 11.7. The number of amides is 1. The lowest BCUT2D eigenvalue weighted by atomic mass is 10.0. The number of carbonyl (C=O) groups is 1. The van der Waals surface area contributed by atoms with Gasteiger partial charge in [0.1, 0.15) is 29.3 Å². The number of nitrogens with one attached hydrogen (secondary N) is 2. The molecular formula is C30H23F2N5O4S. The number of fused-ring (bicyclic) bond motifs is 2. The molecule has 1 amide bonds. The van der Waals surface area contributed by atoms with E-state index >= 15 is 0 Å². The van der Waals surface area contributed by atoms with Crippen LogP contribution in [0.1, 0.15) is 10.4 Å². The van der Waals surface area contributed by atoms with Crippen LogP contribution in [0.2, 0.25) is 0 Å². The van der Waals surface area contributed by atoms with E-state index in [4.69, 9.17) is 4.42 Å². The van der Waals surface area contributed by atoms with Crippen molar-refractivity contribution in [1.82, 2.24) is 20.3 Å².